The molecule has 0 amide bonds. The number of benzene rings is 1. The topological polar surface area (TPSA) is 39.2 Å². The van der Waals surface area contributed by atoms with E-state index in [4.69, 9.17) is 10.2 Å². The summed E-state index contributed by atoms with van der Waals surface area (Å²) in [6.45, 7) is 2.10. The van der Waals surface area contributed by atoms with Crippen molar-refractivity contribution in [3.8, 4) is 0 Å². The molecule has 1 heterocycles. The van der Waals surface area contributed by atoms with Gasteiger partial charge < -0.3 is 10.2 Å². The van der Waals surface area contributed by atoms with Crippen LogP contribution in [0.2, 0.25) is 0 Å². The van der Waals surface area contributed by atoms with Crippen LogP contribution in [0.25, 0.3) is 0 Å². The van der Waals surface area contributed by atoms with Gasteiger partial charge >= 0.3 is 0 Å². The van der Waals surface area contributed by atoms with Crippen LogP contribution in [0.4, 0.5) is 0 Å². The zero-order valence-electron chi connectivity index (χ0n) is 10.2. The lowest BCUT2D eigenvalue weighted by Crippen LogP contribution is -2.25. The Labute approximate surface area is 120 Å². The molecule has 2 N–H and O–H groups in total. The summed E-state index contributed by atoms with van der Waals surface area (Å²) in [4.78, 5) is 1.20. The normalized spacial score (nSPS) is 14.4. The first-order valence-corrected chi connectivity index (χ1v) is 7.59. The van der Waals surface area contributed by atoms with Crippen LogP contribution in [0.1, 0.15) is 24.4 Å². The maximum Gasteiger partial charge on any atom is 0.118 e. The van der Waals surface area contributed by atoms with E-state index < -0.39 is 0 Å². The molecular formula is C14H16BrNOS. The largest absolute Gasteiger partial charge is 0.468 e. The fourth-order valence-corrected chi connectivity index (χ4v) is 3.15. The van der Waals surface area contributed by atoms with Crippen LogP contribution in [-0.4, -0.2) is 6.04 Å². The lowest BCUT2D eigenvalue weighted by Gasteiger charge is -2.20. The first kappa shape index (κ1) is 13.7. The fraction of sp³-hybridized carbons (Fsp3) is 0.286. The molecule has 96 valence electrons. The quantitative estimate of drug-likeness (QED) is 0.815. The molecule has 2 atom stereocenters. The molecule has 0 fully saturated rings. The Balaban J connectivity index is 2.17. The van der Waals surface area contributed by atoms with Crippen molar-refractivity contribution < 1.29 is 4.42 Å². The van der Waals surface area contributed by atoms with E-state index in [0.29, 0.717) is 0 Å². The van der Waals surface area contributed by atoms with Gasteiger partial charge in [0, 0.05) is 15.4 Å². The van der Waals surface area contributed by atoms with E-state index in [-0.39, 0.29) is 11.3 Å². The Morgan fingerprint density at radius 3 is 2.56 bits per heavy atom. The summed E-state index contributed by atoms with van der Waals surface area (Å²) in [6.07, 6.45) is 2.63. The molecule has 2 nitrogen and oxygen atoms in total. The minimum absolute atomic E-state index is 0.0878. The molecule has 0 saturated carbocycles. The molecule has 0 saturated heterocycles. The minimum Gasteiger partial charge on any atom is -0.468 e. The SMILES string of the molecule is CCC(N)C(Sc1ccc(Br)cc1)c1ccco1. The maximum absolute atomic E-state index is 6.20. The van der Waals surface area contributed by atoms with Gasteiger partial charge in [-0.1, -0.05) is 22.9 Å². The van der Waals surface area contributed by atoms with Gasteiger partial charge in [-0.05, 0) is 42.8 Å². The van der Waals surface area contributed by atoms with Crippen molar-refractivity contribution in [2.24, 2.45) is 5.73 Å². The van der Waals surface area contributed by atoms with Crippen molar-refractivity contribution in [2.75, 3.05) is 0 Å². The number of furan rings is 1. The smallest absolute Gasteiger partial charge is 0.118 e. The van der Waals surface area contributed by atoms with Gasteiger partial charge in [0.15, 0.2) is 0 Å². The van der Waals surface area contributed by atoms with Crippen LogP contribution in [0, 0.1) is 0 Å². The molecule has 0 spiro atoms. The van der Waals surface area contributed by atoms with Gasteiger partial charge in [0.2, 0.25) is 0 Å². The van der Waals surface area contributed by atoms with Crippen molar-refractivity contribution in [3.05, 3.63) is 52.9 Å². The average Bonchev–Trinajstić information content (AvgIpc) is 2.91. The van der Waals surface area contributed by atoms with Crippen molar-refractivity contribution in [1.29, 1.82) is 0 Å². The van der Waals surface area contributed by atoms with Crippen molar-refractivity contribution in [2.45, 2.75) is 29.5 Å². The molecule has 0 aliphatic rings. The predicted octanol–water partition coefficient (Wildman–Crippen LogP) is 4.61. The van der Waals surface area contributed by atoms with E-state index in [9.17, 15) is 0 Å². The van der Waals surface area contributed by atoms with Crippen LogP contribution < -0.4 is 5.73 Å². The van der Waals surface area contributed by atoms with Gasteiger partial charge in [-0.3, -0.25) is 0 Å². The van der Waals surface area contributed by atoms with Crippen LogP contribution in [-0.2, 0) is 0 Å². The highest BCUT2D eigenvalue weighted by molar-refractivity contribution is 9.10. The second kappa shape index (κ2) is 6.45. The van der Waals surface area contributed by atoms with Gasteiger partial charge in [0.1, 0.15) is 5.76 Å². The molecule has 2 unspecified atom stereocenters. The van der Waals surface area contributed by atoms with Crippen LogP contribution in [0.5, 0.6) is 0 Å². The standard InChI is InChI=1S/C14H16BrNOS/c1-2-12(16)14(13-4-3-9-17-13)18-11-7-5-10(15)6-8-11/h3-9,12,14H,2,16H2,1H3. The lowest BCUT2D eigenvalue weighted by molar-refractivity contribution is 0.474. The molecule has 0 radical (unpaired) electrons. The third-order valence-electron chi connectivity index (χ3n) is 2.76. The van der Waals surface area contributed by atoms with Crippen LogP contribution >= 0.6 is 27.7 Å². The summed E-state index contributed by atoms with van der Waals surface area (Å²) in [5.41, 5.74) is 6.20. The molecule has 2 rings (SSSR count). The van der Waals surface area contributed by atoms with Gasteiger partial charge in [-0.25, -0.2) is 0 Å². The fourth-order valence-electron chi connectivity index (χ4n) is 1.68. The number of thioether (sulfide) groups is 1. The summed E-state index contributed by atoms with van der Waals surface area (Å²) in [5.74, 6) is 0.942. The van der Waals surface area contributed by atoms with Crippen LogP contribution in [0.3, 0.4) is 0 Å². The Morgan fingerprint density at radius 2 is 2.00 bits per heavy atom. The van der Waals surface area contributed by atoms with E-state index in [1.807, 2.05) is 24.3 Å². The number of hydrogen-bond acceptors (Lipinski definition) is 3. The number of hydrogen-bond donors (Lipinski definition) is 1. The van der Waals surface area contributed by atoms with Gasteiger partial charge in [-0.15, -0.1) is 11.8 Å². The van der Waals surface area contributed by atoms with Crippen molar-refractivity contribution in [1.82, 2.24) is 0 Å². The van der Waals surface area contributed by atoms with E-state index in [0.717, 1.165) is 16.7 Å². The molecule has 4 heteroatoms. The number of nitrogens with two attached hydrogens (primary N) is 1. The molecule has 0 aliphatic heterocycles. The molecule has 2 aromatic rings. The van der Waals surface area contributed by atoms with Crippen molar-refractivity contribution in [3.63, 3.8) is 0 Å². The summed E-state index contributed by atoms with van der Waals surface area (Å²) < 4.78 is 6.59. The zero-order chi connectivity index (χ0) is 13.0. The van der Waals surface area contributed by atoms with Gasteiger partial charge in [0.05, 0.1) is 11.5 Å². The Morgan fingerprint density at radius 1 is 1.28 bits per heavy atom. The van der Waals surface area contributed by atoms with E-state index in [1.54, 1.807) is 18.0 Å². The molecule has 0 aliphatic carbocycles. The van der Waals surface area contributed by atoms with Crippen LogP contribution in [0.15, 0.2) is 56.4 Å². The third-order valence-corrected chi connectivity index (χ3v) is 4.67. The second-order valence-electron chi connectivity index (χ2n) is 4.08. The number of halogens is 1. The summed E-state index contributed by atoms with van der Waals surface area (Å²) in [7, 11) is 0. The molecule has 1 aromatic carbocycles. The Bertz CT molecular complexity index is 469. The Hall–Kier alpha value is -0.710. The van der Waals surface area contributed by atoms with E-state index >= 15 is 0 Å². The maximum atomic E-state index is 6.20. The van der Waals surface area contributed by atoms with Crippen molar-refractivity contribution >= 4 is 27.7 Å². The third kappa shape index (κ3) is 3.40. The monoisotopic (exact) mass is 325 g/mol. The first-order chi connectivity index (χ1) is 8.70. The first-order valence-electron chi connectivity index (χ1n) is 5.92. The number of rotatable bonds is 5. The van der Waals surface area contributed by atoms with E-state index in [2.05, 4.69) is 35.0 Å². The Kier molecular flexibility index (Phi) is 4.92. The highest BCUT2D eigenvalue weighted by Gasteiger charge is 2.22. The summed E-state index contributed by atoms with van der Waals surface area (Å²) >= 11 is 5.19. The average molecular weight is 326 g/mol. The molecular weight excluding hydrogens is 310 g/mol. The van der Waals surface area contributed by atoms with Gasteiger partial charge in [0.25, 0.3) is 0 Å². The highest BCUT2D eigenvalue weighted by atomic mass is 79.9. The zero-order valence-corrected chi connectivity index (χ0v) is 12.6. The molecule has 0 bridgehead atoms. The summed E-state index contributed by atoms with van der Waals surface area (Å²) in [6, 6.07) is 12.3. The predicted molar refractivity (Wildman–Crippen MR) is 79.7 cm³/mol. The molecule has 1 aromatic heterocycles. The van der Waals surface area contributed by atoms with E-state index in [1.165, 1.54) is 4.90 Å². The second-order valence-corrected chi connectivity index (χ2v) is 6.21. The summed E-state index contributed by atoms with van der Waals surface area (Å²) in [5, 5.41) is 0.158. The minimum atomic E-state index is 0.0878. The lowest BCUT2D eigenvalue weighted by atomic mass is 10.1. The van der Waals surface area contributed by atoms with Gasteiger partial charge in [-0.2, -0.15) is 0 Å². The molecule has 18 heavy (non-hydrogen) atoms. The highest BCUT2D eigenvalue weighted by Crippen LogP contribution is 2.38.